The second kappa shape index (κ2) is 5.25. The predicted octanol–water partition coefficient (Wildman–Crippen LogP) is 2.05. The first-order chi connectivity index (χ1) is 10.8. The number of nitrogens with one attached hydrogen (secondary N) is 2. The van der Waals surface area contributed by atoms with E-state index in [-0.39, 0.29) is 11.9 Å². The topological polar surface area (TPSA) is 90.6 Å². The van der Waals surface area contributed by atoms with Gasteiger partial charge < -0.3 is 4.90 Å². The molecule has 2 aromatic heterocycles. The lowest BCUT2D eigenvalue weighted by Crippen LogP contribution is -2.38. The van der Waals surface area contributed by atoms with Gasteiger partial charge in [0.2, 0.25) is 0 Å². The molecule has 1 aliphatic rings. The van der Waals surface area contributed by atoms with E-state index in [2.05, 4.69) is 25.6 Å². The summed E-state index contributed by atoms with van der Waals surface area (Å²) in [4.78, 5) is 14.8. The lowest BCUT2D eigenvalue weighted by Gasteiger charge is -2.35. The van der Waals surface area contributed by atoms with Crippen molar-refractivity contribution in [3.05, 3.63) is 41.7 Å². The fourth-order valence-corrected chi connectivity index (χ4v) is 3.10. The average Bonchev–Trinajstić information content (AvgIpc) is 3.24. The number of nitrogens with zero attached hydrogens (tertiary/aromatic N) is 4. The summed E-state index contributed by atoms with van der Waals surface area (Å²) in [7, 11) is 0. The molecule has 3 aromatic rings. The van der Waals surface area contributed by atoms with Crippen LogP contribution in [0.2, 0.25) is 0 Å². The van der Waals surface area contributed by atoms with Crippen LogP contribution in [0.4, 0.5) is 0 Å². The molecular formula is C15H16N6O. The molecule has 2 N–H and O–H groups in total. The molecule has 1 amide bonds. The molecule has 3 heterocycles. The van der Waals surface area contributed by atoms with Crippen LogP contribution < -0.4 is 0 Å². The highest BCUT2D eigenvalue weighted by Gasteiger charge is 2.29. The number of aromatic nitrogens is 5. The molecule has 7 heteroatoms. The van der Waals surface area contributed by atoms with Gasteiger partial charge in [-0.3, -0.25) is 9.89 Å². The minimum absolute atomic E-state index is 0.0378. The van der Waals surface area contributed by atoms with E-state index < -0.39 is 0 Å². The molecule has 1 fully saturated rings. The number of H-pyrrole nitrogens is 2. The summed E-state index contributed by atoms with van der Waals surface area (Å²) in [6.45, 7) is 0.769. The third-order valence-corrected chi connectivity index (χ3v) is 4.23. The molecule has 1 aliphatic heterocycles. The highest BCUT2D eigenvalue weighted by molar-refractivity contribution is 5.97. The zero-order valence-corrected chi connectivity index (χ0v) is 12.0. The maximum atomic E-state index is 12.9. The van der Waals surface area contributed by atoms with Gasteiger partial charge in [-0.1, -0.05) is 0 Å². The molecule has 0 saturated carbocycles. The average molecular weight is 296 g/mol. The van der Waals surface area contributed by atoms with Crippen LogP contribution in [0, 0.1) is 0 Å². The minimum Gasteiger partial charge on any atom is -0.331 e. The zero-order chi connectivity index (χ0) is 14.9. The normalized spacial score (nSPS) is 18.7. The number of fused-ring (bicyclic) bond motifs is 1. The fourth-order valence-electron chi connectivity index (χ4n) is 3.10. The van der Waals surface area contributed by atoms with Crippen molar-refractivity contribution >= 4 is 16.9 Å². The monoisotopic (exact) mass is 296 g/mol. The van der Waals surface area contributed by atoms with Gasteiger partial charge in [-0.05, 0) is 37.5 Å². The predicted molar refractivity (Wildman–Crippen MR) is 80.1 cm³/mol. The Balaban J connectivity index is 1.67. The second-order valence-corrected chi connectivity index (χ2v) is 5.57. The Morgan fingerprint density at radius 1 is 1.23 bits per heavy atom. The van der Waals surface area contributed by atoms with Crippen LogP contribution in [-0.2, 0) is 0 Å². The molecule has 0 aliphatic carbocycles. The van der Waals surface area contributed by atoms with Crippen molar-refractivity contribution in [2.45, 2.75) is 25.3 Å². The van der Waals surface area contributed by atoms with Crippen molar-refractivity contribution in [1.29, 1.82) is 0 Å². The van der Waals surface area contributed by atoms with Gasteiger partial charge in [-0.15, -0.1) is 0 Å². The van der Waals surface area contributed by atoms with E-state index in [1.807, 2.05) is 23.2 Å². The molecule has 1 aromatic carbocycles. The molecule has 1 atom stereocenters. The molecule has 0 spiro atoms. The quantitative estimate of drug-likeness (QED) is 0.757. The number of piperidine rings is 1. The summed E-state index contributed by atoms with van der Waals surface area (Å²) >= 11 is 0. The Bertz CT molecular complexity index is 793. The Morgan fingerprint density at radius 2 is 2.14 bits per heavy atom. The van der Waals surface area contributed by atoms with Gasteiger partial charge >= 0.3 is 0 Å². The lowest BCUT2D eigenvalue weighted by molar-refractivity contribution is 0.0612. The van der Waals surface area contributed by atoms with E-state index in [0.717, 1.165) is 36.9 Å². The number of hydrogen-bond acceptors (Lipinski definition) is 4. The molecule has 22 heavy (non-hydrogen) atoms. The van der Waals surface area contributed by atoms with Gasteiger partial charge in [-0.2, -0.15) is 20.5 Å². The van der Waals surface area contributed by atoms with Crippen molar-refractivity contribution in [2.24, 2.45) is 0 Å². The number of aromatic amines is 2. The molecular weight excluding hydrogens is 280 g/mol. The van der Waals surface area contributed by atoms with Crippen molar-refractivity contribution in [3.63, 3.8) is 0 Å². The maximum absolute atomic E-state index is 12.9. The second-order valence-electron chi connectivity index (χ2n) is 5.57. The molecule has 0 bridgehead atoms. The number of hydrogen-bond donors (Lipinski definition) is 2. The Hall–Kier alpha value is -2.70. The number of benzene rings is 1. The molecule has 0 radical (unpaired) electrons. The molecule has 112 valence electrons. The summed E-state index contributed by atoms with van der Waals surface area (Å²) in [5.74, 6) is 0.0378. The summed E-state index contributed by atoms with van der Waals surface area (Å²) in [6, 6.07) is 5.52. The largest absolute Gasteiger partial charge is 0.331 e. The van der Waals surface area contributed by atoms with E-state index in [1.165, 1.54) is 0 Å². The molecule has 1 unspecified atom stereocenters. The van der Waals surface area contributed by atoms with E-state index >= 15 is 0 Å². The third-order valence-electron chi connectivity index (χ3n) is 4.23. The number of amides is 1. The summed E-state index contributed by atoms with van der Waals surface area (Å²) < 4.78 is 0. The summed E-state index contributed by atoms with van der Waals surface area (Å²) in [5, 5.41) is 17.5. The first-order valence-electron chi connectivity index (χ1n) is 7.43. The Morgan fingerprint density at radius 3 is 3.00 bits per heavy atom. The van der Waals surface area contributed by atoms with Crippen LogP contribution in [0.25, 0.3) is 11.0 Å². The van der Waals surface area contributed by atoms with Crippen LogP contribution >= 0.6 is 0 Å². The van der Waals surface area contributed by atoms with Gasteiger partial charge in [0.15, 0.2) is 0 Å². The number of rotatable bonds is 2. The highest BCUT2D eigenvalue weighted by atomic mass is 16.2. The highest BCUT2D eigenvalue weighted by Crippen LogP contribution is 2.31. The fraction of sp³-hybridized carbons (Fsp3) is 0.333. The summed E-state index contributed by atoms with van der Waals surface area (Å²) in [6.07, 6.45) is 6.81. The Labute approximate surface area is 126 Å². The Kier molecular flexibility index (Phi) is 3.10. The van der Waals surface area contributed by atoms with E-state index in [1.54, 1.807) is 12.3 Å². The zero-order valence-electron chi connectivity index (χ0n) is 12.0. The summed E-state index contributed by atoms with van der Waals surface area (Å²) in [5.41, 5.74) is 3.19. The van der Waals surface area contributed by atoms with Crippen molar-refractivity contribution < 1.29 is 4.79 Å². The third kappa shape index (κ3) is 2.14. The van der Waals surface area contributed by atoms with Gasteiger partial charge in [0.05, 0.1) is 12.2 Å². The molecule has 1 saturated heterocycles. The number of carbonyl (C=O) groups is 1. The van der Waals surface area contributed by atoms with Gasteiger partial charge in [0.1, 0.15) is 11.0 Å². The number of carbonyl (C=O) groups excluding carboxylic acids is 1. The van der Waals surface area contributed by atoms with Crippen molar-refractivity contribution in [2.75, 3.05) is 6.54 Å². The molecule has 7 nitrogen and oxygen atoms in total. The maximum Gasteiger partial charge on any atom is 0.254 e. The van der Waals surface area contributed by atoms with E-state index in [0.29, 0.717) is 11.1 Å². The van der Waals surface area contributed by atoms with Gasteiger partial charge in [0.25, 0.3) is 5.91 Å². The lowest BCUT2D eigenvalue weighted by atomic mass is 9.96. The standard InChI is InChI=1S/C15H16N6O/c22-15(10-4-5-12-13(7-10)19-20-18-12)21-6-2-1-3-14(21)11-8-16-17-9-11/h4-5,7-9,14H,1-3,6H2,(H,16,17)(H,18,19,20). The van der Waals surface area contributed by atoms with Crippen LogP contribution in [0.15, 0.2) is 30.6 Å². The first kappa shape index (κ1) is 13.0. The van der Waals surface area contributed by atoms with Crippen LogP contribution in [0.5, 0.6) is 0 Å². The van der Waals surface area contributed by atoms with Crippen molar-refractivity contribution in [3.8, 4) is 0 Å². The minimum atomic E-state index is 0.0378. The van der Waals surface area contributed by atoms with Crippen LogP contribution in [0.1, 0.15) is 41.2 Å². The van der Waals surface area contributed by atoms with Crippen LogP contribution in [-0.4, -0.2) is 43.0 Å². The first-order valence-corrected chi connectivity index (χ1v) is 7.43. The smallest absolute Gasteiger partial charge is 0.254 e. The van der Waals surface area contributed by atoms with Crippen molar-refractivity contribution in [1.82, 2.24) is 30.5 Å². The van der Waals surface area contributed by atoms with Gasteiger partial charge in [0, 0.05) is 23.9 Å². The number of likely N-dealkylation sites (tertiary alicyclic amines) is 1. The van der Waals surface area contributed by atoms with E-state index in [4.69, 9.17) is 0 Å². The SMILES string of the molecule is O=C(c1ccc2n[nH]nc2c1)N1CCCCC1c1cn[nH]c1. The van der Waals surface area contributed by atoms with E-state index in [9.17, 15) is 4.79 Å². The molecule has 4 rings (SSSR count). The van der Waals surface area contributed by atoms with Crippen LogP contribution in [0.3, 0.4) is 0 Å². The van der Waals surface area contributed by atoms with Gasteiger partial charge in [-0.25, -0.2) is 0 Å².